The number of aromatic nitrogens is 2. The van der Waals surface area contributed by atoms with E-state index >= 15 is 0 Å². The van der Waals surface area contributed by atoms with Crippen LogP contribution < -0.4 is 4.74 Å². The third-order valence-corrected chi connectivity index (χ3v) is 2.42. The summed E-state index contributed by atoms with van der Waals surface area (Å²) in [5.74, 6) is -1.29. The van der Waals surface area contributed by atoms with Crippen molar-refractivity contribution in [2.45, 2.75) is 6.54 Å². The van der Waals surface area contributed by atoms with Gasteiger partial charge in [0, 0.05) is 11.8 Å². The number of nitrogens with zero attached hydrogens (tertiary/aromatic N) is 2. The second-order valence-electron chi connectivity index (χ2n) is 3.67. The van der Waals surface area contributed by atoms with Crippen LogP contribution in [0.3, 0.4) is 0 Å². The van der Waals surface area contributed by atoms with Crippen LogP contribution in [-0.4, -0.2) is 28.0 Å². The first-order valence-electron chi connectivity index (χ1n) is 5.18. The molecule has 0 spiro atoms. The van der Waals surface area contributed by atoms with Crippen LogP contribution >= 0.6 is 0 Å². The largest absolute Gasteiger partial charge is 0.494 e. The molecule has 2 aromatic rings. The van der Waals surface area contributed by atoms with Crippen LogP contribution in [0.1, 0.15) is 0 Å². The fourth-order valence-electron chi connectivity index (χ4n) is 1.58. The highest BCUT2D eigenvalue weighted by Gasteiger charge is 2.08. The zero-order valence-electron chi connectivity index (χ0n) is 9.63. The molecule has 0 aliphatic heterocycles. The Kier molecular flexibility index (Phi) is 3.27. The minimum Gasteiger partial charge on any atom is -0.494 e. The van der Waals surface area contributed by atoms with E-state index in [0.717, 1.165) is 0 Å². The standard InChI is InChI=1S/C12H11FN2O3/c1-18-11-3-2-8(4-10(11)13)9-5-14-15(6-9)7-12(16)17/h2-6H,7H2,1H3,(H,16,17). The third-order valence-electron chi connectivity index (χ3n) is 2.42. The van der Waals surface area contributed by atoms with Crippen molar-refractivity contribution in [1.29, 1.82) is 0 Å². The maximum absolute atomic E-state index is 13.5. The summed E-state index contributed by atoms with van der Waals surface area (Å²) in [6.07, 6.45) is 3.04. The maximum atomic E-state index is 13.5. The topological polar surface area (TPSA) is 64.4 Å². The number of carboxylic acid groups (broad SMARTS) is 1. The molecule has 0 aliphatic rings. The van der Waals surface area contributed by atoms with Gasteiger partial charge in [0.1, 0.15) is 6.54 Å². The lowest BCUT2D eigenvalue weighted by molar-refractivity contribution is -0.137. The summed E-state index contributed by atoms with van der Waals surface area (Å²) < 4.78 is 19.6. The molecule has 1 aromatic carbocycles. The molecule has 2 rings (SSSR count). The van der Waals surface area contributed by atoms with E-state index in [-0.39, 0.29) is 12.3 Å². The summed E-state index contributed by atoms with van der Waals surface area (Å²) in [4.78, 5) is 10.5. The number of carboxylic acids is 1. The lowest BCUT2D eigenvalue weighted by Crippen LogP contribution is -2.08. The second kappa shape index (κ2) is 4.87. The molecule has 0 saturated carbocycles. The Hall–Kier alpha value is -2.37. The number of hydrogen-bond acceptors (Lipinski definition) is 3. The van der Waals surface area contributed by atoms with Crippen LogP contribution in [-0.2, 0) is 11.3 Å². The van der Waals surface area contributed by atoms with Gasteiger partial charge in [-0.15, -0.1) is 0 Å². The molecule has 0 radical (unpaired) electrons. The minimum atomic E-state index is -0.981. The molecule has 1 N–H and O–H groups in total. The highest BCUT2D eigenvalue weighted by atomic mass is 19.1. The van der Waals surface area contributed by atoms with E-state index in [4.69, 9.17) is 9.84 Å². The van der Waals surface area contributed by atoms with Crippen molar-refractivity contribution in [2.75, 3.05) is 7.11 Å². The van der Waals surface area contributed by atoms with Gasteiger partial charge in [-0.05, 0) is 17.7 Å². The molecular weight excluding hydrogens is 239 g/mol. The van der Waals surface area contributed by atoms with Gasteiger partial charge in [0.05, 0.1) is 13.3 Å². The van der Waals surface area contributed by atoms with E-state index in [2.05, 4.69) is 5.10 Å². The fraction of sp³-hybridized carbons (Fsp3) is 0.167. The summed E-state index contributed by atoms with van der Waals surface area (Å²) in [6, 6.07) is 4.52. The Balaban J connectivity index is 2.28. The molecule has 5 nitrogen and oxygen atoms in total. The molecule has 1 heterocycles. The van der Waals surface area contributed by atoms with E-state index in [1.165, 1.54) is 30.1 Å². The number of aliphatic carboxylic acids is 1. The number of rotatable bonds is 4. The molecule has 0 amide bonds. The van der Waals surface area contributed by atoms with Gasteiger partial charge in [0.25, 0.3) is 0 Å². The second-order valence-corrected chi connectivity index (χ2v) is 3.67. The molecular formula is C12H11FN2O3. The predicted molar refractivity (Wildman–Crippen MR) is 61.8 cm³/mol. The first kappa shape index (κ1) is 12.1. The predicted octanol–water partition coefficient (Wildman–Crippen LogP) is 1.78. The van der Waals surface area contributed by atoms with E-state index in [9.17, 15) is 9.18 Å². The molecule has 18 heavy (non-hydrogen) atoms. The molecule has 94 valence electrons. The number of methoxy groups -OCH3 is 1. The van der Waals surface area contributed by atoms with Crippen molar-refractivity contribution in [1.82, 2.24) is 9.78 Å². The van der Waals surface area contributed by atoms with Crippen molar-refractivity contribution in [2.24, 2.45) is 0 Å². The minimum absolute atomic E-state index is 0.164. The summed E-state index contributed by atoms with van der Waals surface area (Å²) in [7, 11) is 1.39. The Morgan fingerprint density at radius 2 is 2.28 bits per heavy atom. The lowest BCUT2D eigenvalue weighted by Gasteiger charge is -2.03. The SMILES string of the molecule is COc1ccc(-c2cnn(CC(=O)O)c2)cc1F. The molecule has 1 aromatic heterocycles. The molecule has 6 heteroatoms. The highest BCUT2D eigenvalue weighted by Crippen LogP contribution is 2.24. The Morgan fingerprint density at radius 3 is 2.89 bits per heavy atom. The summed E-state index contributed by atoms with van der Waals surface area (Å²) in [5.41, 5.74) is 1.27. The maximum Gasteiger partial charge on any atom is 0.325 e. The van der Waals surface area contributed by atoms with Gasteiger partial charge in [-0.3, -0.25) is 9.48 Å². The fourth-order valence-corrected chi connectivity index (χ4v) is 1.58. The van der Waals surface area contributed by atoms with Crippen LogP contribution in [0.2, 0.25) is 0 Å². The molecule has 0 aliphatic carbocycles. The smallest absolute Gasteiger partial charge is 0.325 e. The number of hydrogen-bond donors (Lipinski definition) is 1. The van der Waals surface area contributed by atoms with Crippen molar-refractivity contribution < 1.29 is 19.0 Å². The van der Waals surface area contributed by atoms with Crippen LogP contribution in [0.4, 0.5) is 4.39 Å². The average molecular weight is 250 g/mol. The van der Waals surface area contributed by atoms with Crippen molar-refractivity contribution in [3.63, 3.8) is 0 Å². The van der Waals surface area contributed by atoms with Gasteiger partial charge in [-0.2, -0.15) is 5.10 Å². The Labute approximate surface area is 102 Å². The van der Waals surface area contributed by atoms with E-state index < -0.39 is 11.8 Å². The number of ether oxygens (including phenoxy) is 1. The van der Waals surface area contributed by atoms with Crippen LogP contribution in [0, 0.1) is 5.82 Å². The summed E-state index contributed by atoms with van der Waals surface area (Å²) in [6.45, 7) is -0.224. The van der Waals surface area contributed by atoms with Crippen molar-refractivity contribution in [3.05, 3.63) is 36.4 Å². The van der Waals surface area contributed by atoms with Crippen molar-refractivity contribution in [3.8, 4) is 16.9 Å². The molecule has 0 saturated heterocycles. The molecule has 0 atom stereocenters. The number of carbonyl (C=O) groups is 1. The average Bonchev–Trinajstić information content (AvgIpc) is 2.76. The zero-order chi connectivity index (χ0) is 13.1. The first-order valence-corrected chi connectivity index (χ1v) is 5.18. The van der Waals surface area contributed by atoms with E-state index in [1.54, 1.807) is 12.3 Å². The van der Waals surface area contributed by atoms with Gasteiger partial charge < -0.3 is 9.84 Å². The summed E-state index contributed by atoms with van der Waals surface area (Å²) in [5, 5.41) is 12.5. The van der Waals surface area contributed by atoms with Gasteiger partial charge >= 0.3 is 5.97 Å². The van der Waals surface area contributed by atoms with Crippen LogP contribution in [0.5, 0.6) is 5.75 Å². The molecule has 0 bridgehead atoms. The van der Waals surface area contributed by atoms with Gasteiger partial charge in [-0.1, -0.05) is 6.07 Å². The molecule has 0 unspecified atom stereocenters. The normalized spacial score (nSPS) is 10.3. The Morgan fingerprint density at radius 1 is 1.50 bits per heavy atom. The van der Waals surface area contributed by atoms with Crippen LogP contribution in [0.15, 0.2) is 30.6 Å². The van der Waals surface area contributed by atoms with Crippen molar-refractivity contribution >= 4 is 5.97 Å². The number of benzene rings is 1. The van der Waals surface area contributed by atoms with Crippen LogP contribution in [0.25, 0.3) is 11.1 Å². The third kappa shape index (κ3) is 2.48. The zero-order valence-corrected chi connectivity index (χ0v) is 9.63. The van der Waals surface area contributed by atoms with E-state index in [0.29, 0.717) is 11.1 Å². The quantitative estimate of drug-likeness (QED) is 0.898. The highest BCUT2D eigenvalue weighted by molar-refractivity contribution is 5.67. The Bertz CT molecular complexity index is 580. The first-order chi connectivity index (χ1) is 8.60. The monoisotopic (exact) mass is 250 g/mol. The number of halogens is 1. The van der Waals surface area contributed by atoms with E-state index in [1.807, 2.05) is 0 Å². The van der Waals surface area contributed by atoms with Gasteiger partial charge in [-0.25, -0.2) is 4.39 Å². The lowest BCUT2D eigenvalue weighted by atomic mass is 10.1. The van der Waals surface area contributed by atoms with Gasteiger partial charge in [0.15, 0.2) is 11.6 Å². The van der Waals surface area contributed by atoms with Gasteiger partial charge in [0.2, 0.25) is 0 Å². The molecule has 0 fully saturated rings. The summed E-state index contributed by atoms with van der Waals surface area (Å²) >= 11 is 0.